The smallest absolute Gasteiger partial charge is 0.126 e. The van der Waals surface area contributed by atoms with Crippen LogP contribution in [-0.2, 0) is 0 Å². The molecule has 3 heteroatoms. The standard InChI is InChI=1S/C11H14FN.ClH/c12-11-4-2-1-3-10(11)8-5-6-9(13)7-8;/h1-4,8-9H,5-7,13H2;1H/t8-,9-;/m0./s1. The van der Waals surface area contributed by atoms with Gasteiger partial charge in [-0.3, -0.25) is 0 Å². The van der Waals surface area contributed by atoms with E-state index in [1.165, 1.54) is 6.07 Å². The van der Waals surface area contributed by atoms with E-state index in [0.29, 0.717) is 5.92 Å². The highest BCUT2D eigenvalue weighted by Crippen LogP contribution is 2.34. The van der Waals surface area contributed by atoms with Gasteiger partial charge < -0.3 is 5.73 Å². The van der Waals surface area contributed by atoms with Crippen molar-refractivity contribution in [1.29, 1.82) is 0 Å². The molecule has 2 N–H and O–H groups in total. The highest BCUT2D eigenvalue weighted by Gasteiger charge is 2.24. The molecular weight excluding hydrogens is 201 g/mol. The van der Waals surface area contributed by atoms with Gasteiger partial charge in [-0.15, -0.1) is 12.4 Å². The lowest BCUT2D eigenvalue weighted by molar-refractivity contribution is 0.576. The minimum Gasteiger partial charge on any atom is -0.328 e. The van der Waals surface area contributed by atoms with Crippen molar-refractivity contribution < 1.29 is 4.39 Å². The lowest BCUT2D eigenvalue weighted by Gasteiger charge is -2.10. The van der Waals surface area contributed by atoms with E-state index < -0.39 is 0 Å². The number of halogens is 2. The molecule has 2 rings (SSSR count). The molecule has 14 heavy (non-hydrogen) atoms. The summed E-state index contributed by atoms with van der Waals surface area (Å²) in [6.45, 7) is 0. The first-order chi connectivity index (χ1) is 6.27. The summed E-state index contributed by atoms with van der Waals surface area (Å²) in [5.41, 5.74) is 6.63. The molecule has 1 saturated carbocycles. The summed E-state index contributed by atoms with van der Waals surface area (Å²) in [5.74, 6) is 0.262. The molecule has 0 aliphatic heterocycles. The van der Waals surface area contributed by atoms with Crippen molar-refractivity contribution >= 4 is 12.4 Å². The molecule has 1 aromatic carbocycles. The van der Waals surface area contributed by atoms with Crippen molar-refractivity contribution in [2.75, 3.05) is 0 Å². The van der Waals surface area contributed by atoms with Gasteiger partial charge in [-0.25, -0.2) is 4.39 Å². The molecule has 0 aromatic heterocycles. The quantitative estimate of drug-likeness (QED) is 0.766. The molecule has 0 saturated heterocycles. The van der Waals surface area contributed by atoms with E-state index in [1.807, 2.05) is 12.1 Å². The first-order valence-corrected chi connectivity index (χ1v) is 4.77. The maximum atomic E-state index is 13.3. The Kier molecular flexibility index (Phi) is 3.90. The molecule has 1 aromatic rings. The van der Waals surface area contributed by atoms with Gasteiger partial charge in [-0.2, -0.15) is 0 Å². The molecule has 1 nitrogen and oxygen atoms in total. The van der Waals surface area contributed by atoms with Gasteiger partial charge >= 0.3 is 0 Å². The zero-order chi connectivity index (χ0) is 9.26. The second-order valence-corrected chi connectivity index (χ2v) is 3.79. The molecule has 1 aliphatic rings. The van der Waals surface area contributed by atoms with Crippen molar-refractivity contribution in [3.05, 3.63) is 35.6 Å². The Morgan fingerprint density at radius 3 is 2.50 bits per heavy atom. The minimum absolute atomic E-state index is 0. The lowest BCUT2D eigenvalue weighted by Crippen LogP contribution is -2.14. The van der Waals surface area contributed by atoms with Crippen LogP contribution in [0.3, 0.4) is 0 Å². The van der Waals surface area contributed by atoms with Crippen LogP contribution < -0.4 is 5.73 Å². The predicted octanol–water partition coefficient (Wildman–Crippen LogP) is 2.84. The van der Waals surface area contributed by atoms with E-state index in [0.717, 1.165) is 24.8 Å². The third-order valence-electron chi connectivity index (χ3n) is 2.82. The first kappa shape index (κ1) is 11.5. The SMILES string of the molecule is Cl.N[C@H]1CC[C@H](c2ccccc2F)C1. The van der Waals surface area contributed by atoms with Gasteiger partial charge in [0.1, 0.15) is 5.82 Å². The van der Waals surface area contributed by atoms with Gasteiger partial charge in [0.05, 0.1) is 0 Å². The van der Waals surface area contributed by atoms with Crippen molar-refractivity contribution in [3.8, 4) is 0 Å². The predicted molar refractivity (Wildman–Crippen MR) is 58.2 cm³/mol. The Hall–Kier alpha value is -0.600. The third kappa shape index (κ3) is 2.25. The zero-order valence-electron chi connectivity index (χ0n) is 7.95. The van der Waals surface area contributed by atoms with Crippen LogP contribution in [0.4, 0.5) is 4.39 Å². The number of rotatable bonds is 1. The normalized spacial score (nSPS) is 25.9. The second-order valence-electron chi connectivity index (χ2n) is 3.79. The van der Waals surface area contributed by atoms with Crippen LogP contribution in [0.25, 0.3) is 0 Å². The Balaban J connectivity index is 0.000000980. The summed E-state index contributed by atoms with van der Waals surface area (Å²) in [5, 5.41) is 0. The summed E-state index contributed by atoms with van der Waals surface area (Å²) < 4.78 is 13.3. The fourth-order valence-electron chi connectivity index (χ4n) is 2.11. The van der Waals surface area contributed by atoms with E-state index in [4.69, 9.17) is 5.73 Å². The molecule has 0 amide bonds. The van der Waals surface area contributed by atoms with Crippen LogP contribution in [0.15, 0.2) is 24.3 Å². The lowest BCUT2D eigenvalue weighted by atomic mass is 9.97. The van der Waals surface area contributed by atoms with Crippen LogP contribution in [-0.4, -0.2) is 6.04 Å². The third-order valence-corrected chi connectivity index (χ3v) is 2.82. The maximum Gasteiger partial charge on any atom is 0.126 e. The van der Waals surface area contributed by atoms with Crippen LogP contribution >= 0.6 is 12.4 Å². The molecule has 0 bridgehead atoms. The largest absolute Gasteiger partial charge is 0.328 e. The Morgan fingerprint density at radius 2 is 1.93 bits per heavy atom. The van der Waals surface area contributed by atoms with Crippen molar-refractivity contribution in [1.82, 2.24) is 0 Å². The van der Waals surface area contributed by atoms with E-state index >= 15 is 0 Å². The molecule has 0 heterocycles. The maximum absolute atomic E-state index is 13.3. The zero-order valence-corrected chi connectivity index (χ0v) is 8.77. The van der Waals surface area contributed by atoms with Gasteiger partial charge in [-0.1, -0.05) is 18.2 Å². The van der Waals surface area contributed by atoms with E-state index in [9.17, 15) is 4.39 Å². The van der Waals surface area contributed by atoms with E-state index in [-0.39, 0.29) is 24.3 Å². The molecule has 0 radical (unpaired) electrons. The molecular formula is C11H15ClFN. The average Bonchev–Trinajstić information content (AvgIpc) is 2.53. The summed E-state index contributed by atoms with van der Waals surface area (Å²) in [6.07, 6.45) is 2.99. The number of nitrogens with two attached hydrogens (primary N) is 1. The number of hydrogen-bond donors (Lipinski definition) is 1. The monoisotopic (exact) mass is 215 g/mol. The summed E-state index contributed by atoms with van der Waals surface area (Å²) >= 11 is 0. The number of hydrogen-bond acceptors (Lipinski definition) is 1. The number of benzene rings is 1. The fourth-order valence-corrected chi connectivity index (χ4v) is 2.11. The van der Waals surface area contributed by atoms with Gasteiger partial charge in [-0.05, 0) is 36.8 Å². The molecule has 0 spiro atoms. The average molecular weight is 216 g/mol. The highest BCUT2D eigenvalue weighted by atomic mass is 35.5. The Bertz CT molecular complexity index is 303. The molecule has 2 atom stereocenters. The van der Waals surface area contributed by atoms with Gasteiger partial charge in [0.25, 0.3) is 0 Å². The van der Waals surface area contributed by atoms with Crippen LogP contribution in [0.1, 0.15) is 30.7 Å². The topological polar surface area (TPSA) is 26.0 Å². The van der Waals surface area contributed by atoms with E-state index in [2.05, 4.69) is 0 Å². The van der Waals surface area contributed by atoms with Gasteiger partial charge in [0, 0.05) is 6.04 Å². The van der Waals surface area contributed by atoms with Crippen molar-refractivity contribution in [2.24, 2.45) is 5.73 Å². The summed E-state index contributed by atoms with van der Waals surface area (Å²) in [7, 11) is 0. The molecule has 1 fully saturated rings. The highest BCUT2D eigenvalue weighted by molar-refractivity contribution is 5.85. The summed E-state index contributed by atoms with van der Waals surface area (Å²) in [4.78, 5) is 0. The Morgan fingerprint density at radius 1 is 1.21 bits per heavy atom. The summed E-state index contributed by atoms with van der Waals surface area (Å²) in [6, 6.07) is 7.29. The Labute approximate surface area is 89.9 Å². The first-order valence-electron chi connectivity index (χ1n) is 4.77. The van der Waals surface area contributed by atoms with Crippen LogP contribution in [0, 0.1) is 5.82 Å². The fraction of sp³-hybridized carbons (Fsp3) is 0.455. The van der Waals surface area contributed by atoms with Gasteiger partial charge in [0.2, 0.25) is 0 Å². The molecule has 1 aliphatic carbocycles. The molecule has 78 valence electrons. The van der Waals surface area contributed by atoms with Crippen LogP contribution in [0.5, 0.6) is 0 Å². The molecule has 0 unspecified atom stereocenters. The minimum atomic E-state index is -0.0819. The van der Waals surface area contributed by atoms with E-state index in [1.54, 1.807) is 6.07 Å². The van der Waals surface area contributed by atoms with Gasteiger partial charge in [0.15, 0.2) is 0 Å². The van der Waals surface area contributed by atoms with Crippen molar-refractivity contribution in [2.45, 2.75) is 31.2 Å². The second kappa shape index (κ2) is 4.76. The van der Waals surface area contributed by atoms with Crippen molar-refractivity contribution in [3.63, 3.8) is 0 Å². The van der Waals surface area contributed by atoms with Crippen LogP contribution in [0.2, 0.25) is 0 Å².